The predicted molar refractivity (Wildman–Crippen MR) is 97.5 cm³/mol. The molecular formula is C17H17N7O. The molecule has 0 atom stereocenters. The normalized spacial score (nSPS) is 16.8. The van der Waals surface area contributed by atoms with Gasteiger partial charge in [0.05, 0.1) is 29.8 Å². The topological polar surface area (TPSA) is 119 Å². The molecule has 0 saturated carbocycles. The third-order valence-corrected chi connectivity index (χ3v) is 4.91. The van der Waals surface area contributed by atoms with Gasteiger partial charge in [0.1, 0.15) is 5.52 Å². The molecule has 8 heteroatoms. The molecule has 1 saturated heterocycles. The molecule has 0 amide bonds. The number of quaternary nitrogens is 1. The van der Waals surface area contributed by atoms with Crippen molar-refractivity contribution in [2.75, 3.05) is 18.8 Å². The Morgan fingerprint density at radius 2 is 1.96 bits per heavy atom. The SMILES string of the molecule is Nc1nc2cc(-c3cc[nH]n3)ccc2c2[nH]c([N+]3([O-])CCCC3)nc12. The highest BCUT2D eigenvalue weighted by molar-refractivity contribution is 6.07. The first kappa shape index (κ1) is 14.4. The van der Waals surface area contributed by atoms with Gasteiger partial charge in [-0.3, -0.25) is 14.7 Å². The third kappa shape index (κ3) is 2.11. The first-order valence-corrected chi connectivity index (χ1v) is 8.32. The van der Waals surface area contributed by atoms with E-state index in [4.69, 9.17) is 5.73 Å². The molecule has 5 rings (SSSR count). The molecule has 0 spiro atoms. The number of H-pyrrole nitrogens is 2. The number of nitrogens with zero attached hydrogens (tertiary/aromatic N) is 4. The van der Waals surface area contributed by atoms with E-state index >= 15 is 0 Å². The molecule has 0 radical (unpaired) electrons. The maximum absolute atomic E-state index is 12.9. The number of nitrogens with one attached hydrogen (secondary N) is 2. The van der Waals surface area contributed by atoms with Crippen LogP contribution in [0, 0.1) is 5.21 Å². The van der Waals surface area contributed by atoms with E-state index in [2.05, 4.69) is 25.1 Å². The van der Waals surface area contributed by atoms with Crippen LogP contribution in [-0.4, -0.2) is 38.2 Å². The van der Waals surface area contributed by atoms with Crippen molar-refractivity contribution < 1.29 is 0 Å². The van der Waals surface area contributed by atoms with E-state index in [1.54, 1.807) is 6.20 Å². The minimum Gasteiger partial charge on any atom is -0.625 e. The van der Waals surface area contributed by atoms with Gasteiger partial charge in [0.25, 0.3) is 0 Å². The second-order valence-corrected chi connectivity index (χ2v) is 6.52. The standard InChI is InChI=1S/C17H17N7O/c18-16-15-14(21-17(22-15)24(25)7-1-2-8-24)11-4-3-10(9-13(11)20-16)12-5-6-19-23-12/h3-6,9H,1-2,7-8H2,(H2,18,20)(H,19,23)(H,21,22). The zero-order valence-corrected chi connectivity index (χ0v) is 13.5. The number of rotatable bonds is 2. The van der Waals surface area contributed by atoms with E-state index in [0.717, 1.165) is 40.5 Å². The summed E-state index contributed by atoms with van der Waals surface area (Å²) in [4.78, 5) is 12.2. The predicted octanol–water partition coefficient (Wildman–Crippen LogP) is 2.68. The smallest absolute Gasteiger partial charge is 0.307 e. The minimum atomic E-state index is -0.416. The fraction of sp³-hybridized carbons (Fsp3) is 0.235. The van der Waals surface area contributed by atoms with Crippen LogP contribution >= 0.6 is 0 Å². The maximum atomic E-state index is 12.9. The Balaban J connectivity index is 1.73. The monoisotopic (exact) mass is 335 g/mol. The largest absolute Gasteiger partial charge is 0.625 e. The number of hydroxylamine groups is 2. The number of fused-ring (bicyclic) bond motifs is 3. The lowest BCUT2D eigenvalue weighted by Gasteiger charge is -2.34. The van der Waals surface area contributed by atoms with E-state index in [1.807, 2.05) is 24.3 Å². The van der Waals surface area contributed by atoms with Gasteiger partial charge in [-0.2, -0.15) is 10.1 Å². The van der Waals surface area contributed by atoms with Gasteiger partial charge in [0, 0.05) is 30.0 Å². The lowest BCUT2D eigenvalue weighted by atomic mass is 10.1. The lowest BCUT2D eigenvalue weighted by molar-refractivity contribution is 0.435. The summed E-state index contributed by atoms with van der Waals surface area (Å²) in [6.45, 7) is 1.10. The Bertz CT molecular complexity index is 1080. The van der Waals surface area contributed by atoms with Gasteiger partial charge in [0.2, 0.25) is 0 Å². The molecule has 0 bridgehead atoms. The number of anilines is 1. The van der Waals surface area contributed by atoms with Gasteiger partial charge in [-0.05, 0) is 18.2 Å². The number of imidazole rings is 1. The maximum Gasteiger partial charge on any atom is 0.307 e. The zero-order valence-electron chi connectivity index (χ0n) is 13.5. The molecule has 3 aromatic heterocycles. The zero-order chi connectivity index (χ0) is 17.0. The average Bonchev–Trinajstić information content (AvgIpc) is 3.35. The third-order valence-electron chi connectivity index (χ3n) is 4.91. The van der Waals surface area contributed by atoms with Crippen molar-refractivity contribution >= 4 is 33.7 Å². The molecule has 25 heavy (non-hydrogen) atoms. The summed E-state index contributed by atoms with van der Waals surface area (Å²) in [5, 5.41) is 20.8. The molecular weight excluding hydrogens is 318 g/mol. The molecule has 1 fully saturated rings. The highest BCUT2D eigenvalue weighted by Gasteiger charge is 2.30. The number of nitrogens with two attached hydrogens (primary N) is 1. The summed E-state index contributed by atoms with van der Waals surface area (Å²) in [6.07, 6.45) is 3.61. The first-order valence-electron chi connectivity index (χ1n) is 8.32. The van der Waals surface area contributed by atoms with E-state index in [1.165, 1.54) is 0 Å². The summed E-state index contributed by atoms with van der Waals surface area (Å²) >= 11 is 0. The molecule has 4 aromatic rings. The van der Waals surface area contributed by atoms with Crippen molar-refractivity contribution in [1.82, 2.24) is 29.8 Å². The Labute approximate surface area is 142 Å². The van der Waals surface area contributed by atoms with Crippen LogP contribution in [0.4, 0.5) is 11.8 Å². The Morgan fingerprint density at radius 1 is 1.12 bits per heavy atom. The van der Waals surface area contributed by atoms with Crippen molar-refractivity contribution in [2.24, 2.45) is 0 Å². The quantitative estimate of drug-likeness (QED) is 0.384. The summed E-state index contributed by atoms with van der Waals surface area (Å²) in [6, 6.07) is 7.79. The van der Waals surface area contributed by atoms with E-state index < -0.39 is 4.65 Å². The molecule has 0 aliphatic carbocycles. The van der Waals surface area contributed by atoms with Crippen LogP contribution in [0.1, 0.15) is 12.8 Å². The summed E-state index contributed by atoms with van der Waals surface area (Å²) in [5.74, 6) is 0.750. The van der Waals surface area contributed by atoms with Gasteiger partial charge < -0.3 is 10.9 Å². The average molecular weight is 335 g/mol. The number of aromatic nitrogens is 5. The molecule has 0 unspecified atom stereocenters. The minimum absolute atomic E-state index is 0.329. The molecule has 1 aliphatic heterocycles. The Morgan fingerprint density at radius 3 is 2.72 bits per heavy atom. The fourth-order valence-electron chi connectivity index (χ4n) is 3.59. The first-order chi connectivity index (χ1) is 12.1. The van der Waals surface area contributed by atoms with E-state index in [0.29, 0.717) is 30.4 Å². The van der Waals surface area contributed by atoms with Gasteiger partial charge in [0.15, 0.2) is 5.82 Å². The molecule has 1 aromatic carbocycles. The summed E-state index contributed by atoms with van der Waals surface area (Å²) < 4.78 is -0.416. The van der Waals surface area contributed by atoms with Crippen molar-refractivity contribution in [1.29, 1.82) is 0 Å². The van der Waals surface area contributed by atoms with Crippen molar-refractivity contribution in [2.45, 2.75) is 12.8 Å². The number of benzene rings is 1. The summed E-state index contributed by atoms with van der Waals surface area (Å²) in [7, 11) is 0. The number of hydrogen-bond donors (Lipinski definition) is 3. The van der Waals surface area contributed by atoms with Gasteiger partial charge >= 0.3 is 5.95 Å². The van der Waals surface area contributed by atoms with Crippen LogP contribution in [0.15, 0.2) is 30.5 Å². The van der Waals surface area contributed by atoms with Crippen molar-refractivity contribution in [3.63, 3.8) is 0 Å². The van der Waals surface area contributed by atoms with E-state index in [9.17, 15) is 5.21 Å². The second-order valence-electron chi connectivity index (χ2n) is 6.52. The Hall–Kier alpha value is -2.97. The number of pyridine rings is 1. The molecule has 126 valence electrons. The highest BCUT2D eigenvalue weighted by atomic mass is 16.5. The summed E-state index contributed by atoms with van der Waals surface area (Å²) in [5.41, 5.74) is 10.00. The molecule has 4 heterocycles. The fourth-order valence-corrected chi connectivity index (χ4v) is 3.59. The van der Waals surface area contributed by atoms with Gasteiger partial charge in [-0.15, -0.1) is 0 Å². The lowest BCUT2D eigenvalue weighted by Crippen LogP contribution is -2.40. The van der Waals surface area contributed by atoms with Crippen LogP contribution in [0.3, 0.4) is 0 Å². The van der Waals surface area contributed by atoms with Crippen LogP contribution in [0.5, 0.6) is 0 Å². The Kier molecular flexibility index (Phi) is 2.88. The van der Waals surface area contributed by atoms with Crippen LogP contribution in [0.25, 0.3) is 33.2 Å². The molecule has 8 nitrogen and oxygen atoms in total. The van der Waals surface area contributed by atoms with Crippen molar-refractivity contribution in [3.05, 3.63) is 35.7 Å². The number of hydrogen-bond acceptors (Lipinski definition) is 5. The van der Waals surface area contributed by atoms with Gasteiger partial charge in [-0.25, -0.2) is 4.98 Å². The van der Waals surface area contributed by atoms with Crippen molar-refractivity contribution in [3.8, 4) is 11.3 Å². The van der Waals surface area contributed by atoms with Crippen LogP contribution < -0.4 is 10.4 Å². The van der Waals surface area contributed by atoms with Crippen LogP contribution in [-0.2, 0) is 0 Å². The molecule has 4 N–H and O–H groups in total. The van der Waals surface area contributed by atoms with E-state index in [-0.39, 0.29) is 0 Å². The van der Waals surface area contributed by atoms with Gasteiger partial charge in [-0.1, -0.05) is 6.07 Å². The second kappa shape index (κ2) is 5.01. The molecule has 1 aliphatic rings. The number of aromatic amines is 2. The number of nitrogen functional groups attached to an aromatic ring is 1. The highest BCUT2D eigenvalue weighted by Crippen LogP contribution is 2.33. The van der Waals surface area contributed by atoms with Crippen LogP contribution in [0.2, 0.25) is 0 Å².